The van der Waals surface area contributed by atoms with Crippen LogP contribution in [0.2, 0.25) is 0 Å². The average Bonchev–Trinajstić information content (AvgIpc) is 3.40. The normalized spacial score (nSPS) is 13.3. The molecule has 0 spiro atoms. The minimum atomic E-state index is -1.66. The van der Waals surface area contributed by atoms with E-state index < -0.39 is 164 Å². The first-order valence-electron chi connectivity index (χ1n) is 26.9. The van der Waals surface area contributed by atoms with Crippen LogP contribution in [-0.2, 0) is 105 Å². The molecular formula is C51H83N7O22. The van der Waals surface area contributed by atoms with E-state index in [9.17, 15) is 67.1 Å². The van der Waals surface area contributed by atoms with Crippen LogP contribution in [0.5, 0.6) is 0 Å². The molecule has 454 valence electrons. The van der Waals surface area contributed by atoms with E-state index in [1.807, 2.05) is 0 Å². The zero-order chi connectivity index (χ0) is 60.6. The van der Waals surface area contributed by atoms with Crippen molar-refractivity contribution >= 4 is 83.2 Å². The standard InChI is InChI=1S/C51H83N7O22/c1-9-73-41(62)27-20-34(48(69)77-13-5)54-39(60)25-18-32(46(67)57-36(50(71)79-15-7)22-29-43(64)75-11-3)53-38(59)24-17-31(52)45(66)56-33(47(68)58-37(51(72)80-16-8)23-30-44(65)76-12-4)19-26-40(61)55-35(49(70)78-14-6)21-28-42(63)74-10-2/h31-37H,9-30,52H2,1-8H3,(H,53,59)(H,54,60)(H,55,61)(H,56,66)(H,57,67)(H,58,68)/t31-,32-,33-,34-,35-,36-,37-/m0/s1. The van der Waals surface area contributed by atoms with Gasteiger partial charge >= 0.3 is 47.8 Å². The molecule has 0 aromatic rings. The Bertz CT molecular complexity index is 2060. The van der Waals surface area contributed by atoms with Gasteiger partial charge in [-0.3, -0.25) is 47.9 Å². The van der Waals surface area contributed by atoms with E-state index in [0.717, 1.165) is 0 Å². The van der Waals surface area contributed by atoms with Crippen LogP contribution in [0.25, 0.3) is 0 Å². The van der Waals surface area contributed by atoms with Crippen molar-refractivity contribution in [1.29, 1.82) is 0 Å². The van der Waals surface area contributed by atoms with Crippen LogP contribution in [0.1, 0.15) is 145 Å². The number of rotatable bonds is 42. The third kappa shape index (κ3) is 31.8. The van der Waals surface area contributed by atoms with Gasteiger partial charge in [0.05, 0.1) is 58.9 Å². The second-order valence-corrected chi connectivity index (χ2v) is 17.1. The molecule has 0 aliphatic rings. The highest BCUT2D eigenvalue weighted by atomic mass is 16.6. The maximum Gasteiger partial charge on any atom is 0.328 e. The van der Waals surface area contributed by atoms with Crippen LogP contribution in [0.15, 0.2) is 0 Å². The molecule has 0 aliphatic carbocycles. The highest BCUT2D eigenvalue weighted by molar-refractivity contribution is 5.94. The van der Waals surface area contributed by atoms with Gasteiger partial charge in [-0.2, -0.15) is 0 Å². The molecule has 0 unspecified atom stereocenters. The smallest absolute Gasteiger partial charge is 0.328 e. The predicted molar refractivity (Wildman–Crippen MR) is 277 cm³/mol. The number of amides is 6. The molecule has 0 aromatic heterocycles. The summed E-state index contributed by atoms with van der Waals surface area (Å²) in [5.74, 6) is -12.0. The summed E-state index contributed by atoms with van der Waals surface area (Å²) in [6.07, 6.45) is -5.34. The van der Waals surface area contributed by atoms with Crippen LogP contribution in [0.4, 0.5) is 0 Å². The van der Waals surface area contributed by atoms with Crippen molar-refractivity contribution in [2.45, 2.75) is 188 Å². The van der Waals surface area contributed by atoms with Gasteiger partial charge in [-0.1, -0.05) is 0 Å². The van der Waals surface area contributed by atoms with Crippen molar-refractivity contribution in [3.63, 3.8) is 0 Å². The Morgan fingerprint density at radius 3 is 0.762 bits per heavy atom. The number of hydrogen-bond acceptors (Lipinski definition) is 23. The van der Waals surface area contributed by atoms with E-state index in [2.05, 4.69) is 31.9 Å². The van der Waals surface area contributed by atoms with Gasteiger partial charge in [0.15, 0.2) is 0 Å². The molecule has 80 heavy (non-hydrogen) atoms. The first kappa shape index (κ1) is 72.5. The highest BCUT2D eigenvalue weighted by Gasteiger charge is 2.33. The lowest BCUT2D eigenvalue weighted by Gasteiger charge is -2.24. The number of esters is 8. The third-order valence-electron chi connectivity index (χ3n) is 11.0. The van der Waals surface area contributed by atoms with Crippen molar-refractivity contribution in [3.05, 3.63) is 0 Å². The van der Waals surface area contributed by atoms with E-state index in [0.29, 0.717) is 0 Å². The van der Waals surface area contributed by atoms with Gasteiger partial charge in [0.2, 0.25) is 35.4 Å². The van der Waals surface area contributed by atoms with Gasteiger partial charge in [-0.15, -0.1) is 0 Å². The minimum absolute atomic E-state index is 0.0290. The number of nitrogens with two attached hydrogens (primary N) is 1. The molecule has 0 saturated carbocycles. The molecule has 29 nitrogen and oxygen atoms in total. The van der Waals surface area contributed by atoms with Crippen LogP contribution in [0, 0.1) is 0 Å². The molecule has 0 radical (unpaired) electrons. The molecule has 0 heterocycles. The first-order valence-corrected chi connectivity index (χ1v) is 26.9. The SMILES string of the molecule is CCOC(=O)CC[C@H](NC(=O)CC[C@H](NC(=O)CC[C@H](N)C(=O)N[C@@H](CCC(=O)N[C@@H](CCC(=O)OCC)C(=O)OCC)C(=O)N[C@@H](CCC(=O)OCC)C(=O)OCC)C(=O)N[C@@H](CCC(=O)OCC)C(=O)OCC)C(=O)OCC. The van der Waals surface area contributed by atoms with Crippen LogP contribution >= 0.6 is 0 Å². The second-order valence-electron chi connectivity index (χ2n) is 17.1. The summed E-state index contributed by atoms with van der Waals surface area (Å²) in [6.45, 7) is 12.2. The Labute approximate surface area is 465 Å². The predicted octanol–water partition coefficient (Wildman–Crippen LogP) is -0.811. The zero-order valence-corrected chi connectivity index (χ0v) is 47.2. The van der Waals surface area contributed by atoms with Gasteiger partial charge in [0, 0.05) is 44.9 Å². The topological polar surface area (TPSA) is 411 Å². The molecule has 8 N–H and O–H groups in total. The Kier molecular flexibility index (Phi) is 38.5. The van der Waals surface area contributed by atoms with Crippen molar-refractivity contribution in [2.75, 3.05) is 52.9 Å². The average molecular weight is 1150 g/mol. The van der Waals surface area contributed by atoms with Crippen molar-refractivity contribution in [2.24, 2.45) is 5.73 Å². The molecule has 29 heteroatoms. The fourth-order valence-electron chi connectivity index (χ4n) is 7.08. The van der Waals surface area contributed by atoms with Crippen LogP contribution < -0.4 is 37.6 Å². The number of carbonyl (C=O) groups excluding carboxylic acids is 14. The molecule has 7 atom stereocenters. The summed E-state index contributed by atoms with van der Waals surface area (Å²) in [7, 11) is 0. The number of ether oxygens (including phenoxy) is 8. The van der Waals surface area contributed by atoms with E-state index >= 15 is 0 Å². The molecule has 0 aliphatic heterocycles. The van der Waals surface area contributed by atoms with Crippen LogP contribution in [0.3, 0.4) is 0 Å². The van der Waals surface area contributed by atoms with Gasteiger partial charge in [-0.05, 0) is 100 Å². The third-order valence-corrected chi connectivity index (χ3v) is 11.0. The summed E-state index contributed by atoms with van der Waals surface area (Å²) >= 11 is 0. The summed E-state index contributed by atoms with van der Waals surface area (Å²) in [4.78, 5) is 182. The summed E-state index contributed by atoms with van der Waals surface area (Å²) in [5, 5.41) is 14.6. The molecule has 0 saturated heterocycles. The summed E-state index contributed by atoms with van der Waals surface area (Å²) < 4.78 is 39.9. The molecule has 0 fully saturated rings. The Morgan fingerprint density at radius 1 is 0.275 bits per heavy atom. The van der Waals surface area contributed by atoms with E-state index in [4.69, 9.17) is 43.6 Å². The number of hydrogen-bond donors (Lipinski definition) is 7. The van der Waals surface area contributed by atoms with Crippen LogP contribution in [-0.4, -0.2) is 178 Å². The number of nitrogens with one attached hydrogen (secondary N) is 6. The minimum Gasteiger partial charge on any atom is -0.466 e. The van der Waals surface area contributed by atoms with Gasteiger partial charge in [0.25, 0.3) is 0 Å². The monoisotopic (exact) mass is 1150 g/mol. The molecule has 6 amide bonds. The Morgan fingerprint density at radius 2 is 0.487 bits per heavy atom. The van der Waals surface area contributed by atoms with Crippen molar-refractivity contribution in [1.82, 2.24) is 31.9 Å². The highest BCUT2D eigenvalue weighted by Crippen LogP contribution is 2.12. The Balaban J connectivity index is 6.72. The lowest BCUT2D eigenvalue weighted by atomic mass is 10.0. The second kappa shape index (κ2) is 42.5. The van der Waals surface area contributed by atoms with E-state index in [1.54, 1.807) is 27.7 Å². The van der Waals surface area contributed by atoms with Gasteiger partial charge in [-0.25, -0.2) is 19.2 Å². The summed E-state index contributed by atoms with van der Waals surface area (Å²) in [5.41, 5.74) is 6.22. The fraction of sp³-hybridized carbons (Fsp3) is 0.725. The summed E-state index contributed by atoms with van der Waals surface area (Å²) in [6, 6.07) is -10.4. The maximum atomic E-state index is 13.9. The molecule has 0 bridgehead atoms. The largest absolute Gasteiger partial charge is 0.466 e. The van der Waals surface area contributed by atoms with Crippen molar-refractivity contribution < 1.29 is 105 Å². The van der Waals surface area contributed by atoms with Crippen molar-refractivity contribution in [3.8, 4) is 0 Å². The molecular weight excluding hydrogens is 1060 g/mol. The van der Waals surface area contributed by atoms with E-state index in [1.165, 1.54) is 27.7 Å². The van der Waals surface area contributed by atoms with Gasteiger partial charge in [0.1, 0.15) is 36.3 Å². The Hall–Kier alpha value is -7.46. The number of carbonyl (C=O) groups is 14. The maximum absolute atomic E-state index is 13.9. The quantitative estimate of drug-likeness (QED) is 0.0290. The van der Waals surface area contributed by atoms with E-state index in [-0.39, 0.29) is 104 Å². The van der Waals surface area contributed by atoms with Gasteiger partial charge < -0.3 is 75.5 Å². The lowest BCUT2D eigenvalue weighted by molar-refractivity contribution is -0.150. The first-order chi connectivity index (χ1) is 38.0. The molecule has 0 aromatic carbocycles. The molecule has 0 rings (SSSR count). The lowest BCUT2D eigenvalue weighted by Crippen LogP contribution is -2.55. The zero-order valence-electron chi connectivity index (χ0n) is 47.2. The fourth-order valence-corrected chi connectivity index (χ4v) is 7.08.